The van der Waals surface area contributed by atoms with E-state index in [1.54, 1.807) is 0 Å². The molecule has 4 saturated heterocycles. The van der Waals surface area contributed by atoms with Crippen molar-refractivity contribution in [2.45, 2.75) is 44.9 Å². The Kier molecular flexibility index (Phi) is 17.1. The molecule has 0 N–H and O–H groups in total. The van der Waals surface area contributed by atoms with Crippen molar-refractivity contribution >= 4 is 0 Å². The number of likely N-dealkylation sites (N-methyl/N-ethyl adjacent to an activating group) is 2. The largest absolute Gasteiger partial charge is 0.380 e. The number of hydrogen-bond acceptors (Lipinski definition) is 6. The minimum absolute atomic E-state index is 0.913. The zero-order valence-electron chi connectivity index (χ0n) is 20.0. The SMILES string of the molecule is CN1CCCC1.CN1CCCCCC1.CN1CCCOCC1.CN1CCOCC1. The molecule has 0 aromatic heterocycles. The van der Waals surface area contributed by atoms with Gasteiger partial charge in [0.05, 0.1) is 19.8 Å². The van der Waals surface area contributed by atoms with E-state index in [-0.39, 0.29) is 0 Å². The molecule has 0 aromatic rings. The Balaban J connectivity index is 0.000000194. The normalized spacial score (nSPS) is 25.2. The molecule has 4 aliphatic rings. The molecule has 0 saturated carbocycles. The molecule has 4 heterocycles. The zero-order chi connectivity index (χ0) is 21.2. The highest BCUT2D eigenvalue weighted by molar-refractivity contribution is 4.59. The Morgan fingerprint density at radius 1 is 0.345 bits per heavy atom. The summed E-state index contributed by atoms with van der Waals surface area (Å²) < 4.78 is 10.3. The number of nitrogens with zero attached hydrogens (tertiary/aromatic N) is 4. The quantitative estimate of drug-likeness (QED) is 0.605. The van der Waals surface area contributed by atoms with E-state index in [1.807, 2.05) is 0 Å². The highest BCUT2D eigenvalue weighted by Crippen LogP contribution is 2.06. The number of ether oxygens (including phenoxy) is 2. The molecule has 0 aromatic carbocycles. The van der Waals surface area contributed by atoms with E-state index < -0.39 is 0 Å². The molecule has 174 valence electrons. The summed E-state index contributed by atoms with van der Waals surface area (Å²) in [7, 11) is 8.63. The highest BCUT2D eigenvalue weighted by Gasteiger charge is 2.04. The predicted octanol–water partition coefficient (Wildman–Crippen LogP) is 2.49. The van der Waals surface area contributed by atoms with Gasteiger partial charge in [-0.15, -0.1) is 0 Å². The second-order valence-electron chi connectivity index (χ2n) is 8.91. The highest BCUT2D eigenvalue weighted by atomic mass is 16.5. The molecule has 4 aliphatic heterocycles. The van der Waals surface area contributed by atoms with Gasteiger partial charge >= 0.3 is 0 Å². The lowest BCUT2D eigenvalue weighted by Gasteiger charge is -2.21. The van der Waals surface area contributed by atoms with Gasteiger partial charge < -0.3 is 29.1 Å². The van der Waals surface area contributed by atoms with Crippen LogP contribution in [0.5, 0.6) is 0 Å². The van der Waals surface area contributed by atoms with E-state index in [2.05, 4.69) is 47.8 Å². The molecule has 6 nitrogen and oxygen atoms in total. The first-order valence-corrected chi connectivity index (χ1v) is 12.0. The van der Waals surface area contributed by atoms with Gasteiger partial charge in [0.25, 0.3) is 0 Å². The topological polar surface area (TPSA) is 31.4 Å². The van der Waals surface area contributed by atoms with Crippen LogP contribution < -0.4 is 0 Å². The van der Waals surface area contributed by atoms with E-state index in [0.717, 1.165) is 46.1 Å². The van der Waals surface area contributed by atoms with Crippen molar-refractivity contribution in [1.82, 2.24) is 19.6 Å². The fourth-order valence-corrected chi connectivity index (χ4v) is 3.63. The molecule has 6 heteroatoms. The fraction of sp³-hybridized carbons (Fsp3) is 1.00. The van der Waals surface area contributed by atoms with Gasteiger partial charge in [0, 0.05) is 32.8 Å². The van der Waals surface area contributed by atoms with Gasteiger partial charge in [0.2, 0.25) is 0 Å². The Labute approximate surface area is 181 Å². The minimum atomic E-state index is 0.913. The van der Waals surface area contributed by atoms with E-state index in [4.69, 9.17) is 9.47 Å². The first-order chi connectivity index (χ1) is 14.1. The summed E-state index contributed by atoms with van der Waals surface area (Å²) in [6.07, 6.45) is 9.74. The van der Waals surface area contributed by atoms with Crippen molar-refractivity contribution in [3.63, 3.8) is 0 Å². The molecule has 4 fully saturated rings. The lowest BCUT2D eigenvalue weighted by molar-refractivity contribution is 0.0503. The Morgan fingerprint density at radius 2 is 0.655 bits per heavy atom. The zero-order valence-corrected chi connectivity index (χ0v) is 20.0. The molecule has 0 radical (unpaired) electrons. The molecule has 0 aliphatic carbocycles. The molecule has 0 bridgehead atoms. The first kappa shape index (κ1) is 26.8. The molecule has 0 atom stereocenters. The van der Waals surface area contributed by atoms with Gasteiger partial charge in [-0.25, -0.2) is 0 Å². The maximum atomic E-state index is 5.22. The second kappa shape index (κ2) is 18.5. The maximum Gasteiger partial charge on any atom is 0.0594 e. The third-order valence-electron chi connectivity index (χ3n) is 5.84. The summed E-state index contributed by atoms with van der Waals surface area (Å²) in [5.41, 5.74) is 0. The maximum absolute atomic E-state index is 5.22. The Morgan fingerprint density at radius 3 is 1.07 bits per heavy atom. The number of likely N-dealkylation sites (tertiary alicyclic amines) is 2. The van der Waals surface area contributed by atoms with Crippen LogP contribution in [0.15, 0.2) is 0 Å². The fourth-order valence-electron chi connectivity index (χ4n) is 3.63. The van der Waals surface area contributed by atoms with Crippen molar-refractivity contribution in [2.75, 3.05) is 107 Å². The van der Waals surface area contributed by atoms with Crippen LogP contribution in [0.3, 0.4) is 0 Å². The van der Waals surface area contributed by atoms with Gasteiger partial charge in [0.1, 0.15) is 0 Å². The van der Waals surface area contributed by atoms with Crippen LogP contribution in [0, 0.1) is 0 Å². The summed E-state index contributed by atoms with van der Waals surface area (Å²) in [6, 6.07) is 0. The van der Waals surface area contributed by atoms with Crippen LogP contribution in [0.2, 0.25) is 0 Å². The van der Waals surface area contributed by atoms with Crippen molar-refractivity contribution < 1.29 is 9.47 Å². The van der Waals surface area contributed by atoms with E-state index >= 15 is 0 Å². The van der Waals surface area contributed by atoms with Gasteiger partial charge in [-0.2, -0.15) is 0 Å². The summed E-state index contributed by atoms with van der Waals surface area (Å²) >= 11 is 0. The van der Waals surface area contributed by atoms with Gasteiger partial charge in [-0.05, 0) is 86.5 Å². The van der Waals surface area contributed by atoms with Crippen LogP contribution in [-0.2, 0) is 9.47 Å². The second-order valence-corrected chi connectivity index (χ2v) is 8.91. The average Bonchev–Trinajstić information content (AvgIpc) is 2.93. The first-order valence-electron chi connectivity index (χ1n) is 12.0. The third kappa shape index (κ3) is 17.2. The molecule has 29 heavy (non-hydrogen) atoms. The third-order valence-corrected chi connectivity index (χ3v) is 5.84. The lowest BCUT2D eigenvalue weighted by atomic mass is 10.2. The van der Waals surface area contributed by atoms with E-state index in [1.165, 1.54) is 77.7 Å². The standard InChI is InChI=1S/C7H15N.C6H13NO.C5H11NO.C5H11N/c1-8-6-4-2-3-5-7-8;1-7-3-2-5-8-6-4-7;1-6-2-4-7-5-3-6;1-6-4-2-3-5-6/h2-7H2,1H3;2-6H2,1H3;2-5H2,1H3;2-5H2,1H3. The molecule has 4 rings (SSSR count). The summed E-state index contributed by atoms with van der Waals surface area (Å²) in [4.78, 5) is 9.35. The number of hydrogen-bond donors (Lipinski definition) is 0. The molecular formula is C23H50N4O2. The van der Waals surface area contributed by atoms with Crippen LogP contribution in [0.1, 0.15) is 44.9 Å². The van der Waals surface area contributed by atoms with Gasteiger partial charge in [0.15, 0.2) is 0 Å². The Bertz CT molecular complexity index is 314. The van der Waals surface area contributed by atoms with Crippen molar-refractivity contribution in [3.05, 3.63) is 0 Å². The molecular weight excluding hydrogens is 364 g/mol. The molecule has 0 amide bonds. The minimum Gasteiger partial charge on any atom is -0.380 e. The van der Waals surface area contributed by atoms with Crippen LogP contribution in [0.25, 0.3) is 0 Å². The Hall–Kier alpha value is -0.240. The predicted molar refractivity (Wildman–Crippen MR) is 124 cm³/mol. The summed E-state index contributed by atoms with van der Waals surface area (Å²) in [5.74, 6) is 0. The molecule has 0 unspecified atom stereocenters. The van der Waals surface area contributed by atoms with Crippen molar-refractivity contribution in [2.24, 2.45) is 0 Å². The van der Waals surface area contributed by atoms with Crippen molar-refractivity contribution in [1.29, 1.82) is 0 Å². The van der Waals surface area contributed by atoms with Gasteiger partial charge in [-0.1, -0.05) is 12.8 Å². The van der Waals surface area contributed by atoms with Crippen LogP contribution >= 0.6 is 0 Å². The van der Waals surface area contributed by atoms with E-state index in [9.17, 15) is 0 Å². The summed E-state index contributed by atoms with van der Waals surface area (Å²) in [6.45, 7) is 13.5. The van der Waals surface area contributed by atoms with Crippen LogP contribution in [0.4, 0.5) is 0 Å². The monoisotopic (exact) mass is 414 g/mol. The summed E-state index contributed by atoms with van der Waals surface area (Å²) in [5, 5.41) is 0. The van der Waals surface area contributed by atoms with Crippen LogP contribution in [-0.4, -0.2) is 127 Å². The van der Waals surface area contributed by atoms with Crippen molar-refractivity contribution in [3.8, 4) is 0 Å². The van der Waals surface area contributed by atoms with E-state index in [0.29, 0.717) is 0 Å². The number of rotatable bonds is 0. The smallest absolute Gasteiger partial charge is 0.0594 e. The average molecular weight is 415 g/mol. The lowest BCUT2D eigenvalue weighted by Crippen LogP contribution is -2.32. The molecule has 0 spiro atoms. The number of morpholine rings is 1. The van der Waals surface area contributed by atoms with Gasteiger partial charge in [-0.3, -0.25) is 0 Å².